The van der Waals surface area contributed by atoms with Crippen LogP contribution in [-0.4, -0.2) is 16.5 Å². The van der Waals surface area contributed by atoms with Crippen LogP contribution in [0.1, 0.15) is 40.0 Å². The van der Waals surface area contributed by atoms with Crippen molar-refractivity contribution in [1.29, 1.82) is 0 Å². The fourth-order valence-electron chi connectivity index (χ4n) is 1.95. The van der Waals surface area contributed by atoms with Gasteiger partial charge in [-0.2, -0.15) is 0 Å². The lowest BCUT2D eigenvalue weighted by Crippen LogP contribution is -2.40. The van der Waals surface area contributed by atoms with Crippen molar-refractivity contribution < 1.29 is 9.90 Å². The van der Waals surface area contributed by atoms with Crippen LogP contribution in [0.3, 0.4) is 0 Å². The molecule has 2 nitrogen and oxygen atoms in total. The van der Waals surface area contributed by atoms with E-state index in [2.05, 4.69) is 6.92 Å². The molecule has 0 heterocycles. The molecule has 0 aliphatic heterocycles. The monoisotopic (exact) mass is 170 g/mol. The molecule has 1 N–H and O–H groups in total. The van der Waals surface area contributed by atoms with Crippen molar-refractivity contribution in [2.24, 2.45) is 11.8 Å². The van der Waals surface area contributed by atoms with Crippen LogP contribution in [-0.2, 0) is 4.79 Å². The summed E-state index contributed by atoms with van der Waals surface area (Å²) in [6.07, 6.45) is 2.57. The lowest BCUT2D eigenvalue weighted by atomic mass is 9.74. The zero-order valence-electron chi connectivity index (χ0n) is 8.13. The van der Waals surface area contributed by atoms with Gasteiger partial charge in [0.05, 0.1) is 5.60 Å². The van der Waals surface area contributed by atoms with E-state index in [9.17, 15) is 9.90 Å². The maximum Gasteiger partial charge on any atom is 0.139 e. The molecule has 1 unspecified atom stereocenters. The van der Waals surface area contributed by atoms with Gasteiger partial charge in [0.15, 0.2) is 0 Å². The first-order valence-corrected chi connectivity index (χ1v) is 4.66. The highest BCUT2D eigenvalue weighted by Gasteiger charge is 2.36. The molecule has 0 amide bonds. The largest absolute Gasteiger partial charge is 0.390 e. The predicted octanol–water partition coefficient (Wildman–Crippen LogP) is 1.76. The van der Waals surface area contributed by atoms with Crippen LogP contribution in [0.4, 0.5) is 0 Å². The van der Waals surface area contributed by atoms with E-state index < -0.39 is 5.60 Å². The Morgan fingerprint density at radius 2 is 2.00 bits per heavy atom. The summed E-state index contributed by atoms with van der Waals surface area (Å²) in [7, 11) is 0. The van der Waals surface area contributed by atoms with Crippen LogP contribution in [0.25, 0.3) is 0 Å². The number of hydrogen-bond acceptors (Lipinski definition) is 2. The SMILES string of the molecule is C[C@@H]1CCC(C(C)(C)O)C(=O)C1. The number of Topliss-reactive ketones (excluding diaryl/α,β-unsaturated/α-hetero) is 1. The van der Waals surface area contributed by atoms with Gasteiger partial charge in [-0.1, -0.05) is 6.92 Å². The van der Waals surface area contributed by atoms with E-state index in [0.29, 0.717) is 12.3 Å². The van der Waals surface area contributed by atoms with E-state index in [1.807, 2.05) is 0 Å². The van der Waals surface area contributed by atoms with Crippen molar-refractivity contribution in [3.8, 4) is 0 Å². The number of carbonyl (C=O) groups excluding carboxylic acids is 1. The van der Waals surface area contributed by atoms with Crippen LogP contribution in [0.5, 0.6) is 0 Å². The van der Waals surface area contributed by atoms with Gasteiger partial charge in [0.1, 0.15) is 5.78 Å². The maximum atomic E-state index is 11.5. The second-order valence-electron chi connectivity index (χ2n) is 4.56. The molecule has 1 fully saturated rings. The number of ketones is 1. The average molecular weight is 170 g/mol. The van der Waals surface area contributed by atoms with E-state index in [1.165, 1.54) is 0 Å². The quantitative estimate of drug-likeness (QED) is 0.651. The molecule has 0 radical (unpaired) electrons. The van der Waals surface area contributed by atoms with Crippen molar-refractivity contribution in [2.75, 3.05) is 0 Å². The summed E-state index contributed by atoms with van der Waals surface area (Å²) in [6.45, 7) is 5.55. The molecule has 2 heteroatoms. The highest BCUT2D eigenvalue weighted by atomic mass is 16.3. The minimum Gasteiger partial charge on any atom is -0.390 e. The molecule has 70 valence electrons. The fraction of sp³-hybridized carbons (Fsp3) is 0.900. The molecule has 12 heavy (non-hydrogen) atoms. The van der Waals surface area contributed by atoms with Gasteiger partial charge in [-0.05, 0) is 32.6 Å². The van der Waals surface area contributed by atoms with Gasteiger partial charge in [0.2, 0.25) is 0 Å². The van der Waals surface area contributed by atoms with Crippen molar-refractivity contribution in [1.82, 2.24) is 0 Å². The zero-order chi connectivity index (χ0) is 9.35. The van der Waals surface area contributed by atoms with Crippen LogP contribution >= 0.6 is 0 Å². The summed E-state index contributed by atoms with van der Waals surface area (Å²) >= 11 is 0. The van der Waals surface area contributed by atoms with Gasteiger partial charge in [0, 0.05) is 12.3 Å². The normalized spacial score (nSPS) is 32.2. The van der Waals surface area contributed by atoms with Gasteiger partial charge in [-0.3, -0.25) is 4.79 Å². The van der Waals surface area contributed by atoms with Gasteiger partial charge >= 0.3 is 0 Å². The smallest absolute Gasteiger partial charge is 0.139 e. The van der Waals surface area contributed by atoms with Crippen molar-refractivity contribution >= 4 is 5.78 Å². The summed E-state index contributed by atoms with van der Waals surface area (Å²) in [5.74, 6) is 0.617. The number of rotatable bonds is 1. The summed E-state index contributed by atoms with van der Waals surface area (Å²) in [4.78, 5) is 11.5. The van der Waals surface area contributed by atoms with E-state index in [0.717, 1.165) is 12.8 Å². The lowest BCUT2D eigenvalue weighted by Gasteiger charge is -2.33. The predicted molar refractivity (Wildman–Crippen MR) is 47.8 cm³/mol. The third-order valence-corrected chi connectivity index (χ3v) is 2.74. The number of aliphatic hydroxyl groups is 1. The first-order chi connectivity index (χ1) is 5.41. The molecule has 0 bridgehead atoms. The Hall–Kier alpha value is -0.370. The van der Waals surface area contributed by atoms with Gasteiger partial charge < -0.3 is 5.11 Å². The standard InChI is InChI=1S/C10H18O2/c1-7-4-5-8(9(11)6-7)10(2,3)12/h7-8,12H,4-6H2,1-3H3/t7-,8?/m1/s1. The third-order valence-electron chi connectivity index (χ3n) is 2.74. The Balaban J connectivity index is 2.63. The molecule has 0 spiro atoms. The first kappa shape index (κ1) is 9.72. The van der Waals surface area contributed by atoms with Crippen molar-refractivity contribution in [3.63, 3.8) is 0 Å². The molecule has 0 saturated heterocycles. The molecule has 2 atom stereocenters. The van der Waals surface area contributed by atoms with Crippen molar-refractivity contribution in [2.45, 2.75) is 45.6 Å². The topological polar surface area (TPSA) is 37.3 Å². The molecule has 0 aromatic rings. The Bertz CT molecular complexity index is 179. The minimum absolute atomic E-state index is 0.131. The van der Waals surface area contributed by atoms with Crippen LogP contribution < -0.4 is 0 Å². The Labute approximate surface area is 74.0 Å². The summed E-state index contributed by atoms with van der Waals surface area (Å²) in [5.41, 5.74) is -0.822. The fourth-order valence-corrected chi connectivity index (χ4v) is 1.95. The minimum atomic E-state index is -0.822. The van der Waals surface area contributed by atoms with Gasteiger partial charge in [-0.25, -0.2) is 0 Å². The van der Waals surface area contributed by atoms with E-state index in [1.54, 1.807) is 13.8 Å². The highest BCUT2D eigenvalue weighted by molar-refractivity contribution is 5.82. The Morgan fingerprint density at radius 3 is 2.42 bits per heavy atom. The van der Waals surface area contributed by atoms with E-state index >= 15 is 0 Å². The second kappa shape index (κ2) is 3.17. The molecule has 1 rings (SSSR count). The molecule has 0 aromatic carbocycles. The average Bonchev–Trinajstić information content (AvgIpc) is 1.83. The van der Waals surface area contributed by atoms with E-state index in [4.69, 9.17) is 0 Å². The van der Waals surface area contributed by atoms with Gasteiger partial charge in [0.25, 0.3) is 0 Å². The summed E-state index contributed by atoms with van der Waals surface area (Å²) < 4.78 is 0. The summed E-state index contributed by atoms with van der Waals surface area (Å²) in [6, 6.07) is 0. The molecular formula is C10H18O2. The molecule has 0 aromatic heterocycles. The third kappa shape index (κ3) is 2.07. The highest BCUT2D eigenvalue weighted by Crippen LogP contribution is 2.32. The Kier molecular flexibility index (Phi) is 2.57. The second-order valence-corrected chi connectivity index (χ2v) is 4.56. The van der Waals surface area contributed by atoms with Gasteiger partial charge in [-0.15, -0.1) is 0 Å². The van der Waals surface area contributed by atoms with Crippen LogP contribution in [0.15, 0.2) is 0 Å². The van der Waals surface area contributed by atoms with E-state index in [-0.39, 0.29) is 11.7 Å². The molecular weight excluding hydrogens is 152 g/mol. The van der Waals surface area contributed by atoms with Crippen LogP contribution in [0.2, 0.25) is 0 Å². The molecule has 1 saturated carbocycles. The molecule has 1 aliphatic carbocycles. The number of hydrogen-bond donors (Lipinski definition) is 1. The Morgan fingerprint density at radius 1 is 1.42 bits per heavy atom. The lowest BCUT2D eigenvalue weighted by molar-refractivity contribution is -0.134. The maximum absolute atomic E-state index is 11.5. The van der Waals surface area contributed by atoms with Crippen LogP contribution in [0, 0.1) is 11.8 Å². The zero-order valence-corrected chi connectivity index (χ0v) is 8.13. The first-order valence-electron chi connectivity index (χ1n) is 4.66. The number of carbonyl (C=O) groups is 1. The summed E-state index contributed by atoms with van der Waals surface area (Å²) in [5, 5.41) is 9.68. The molecule has 1 aliphatic rings. The van der Waals surface area contributed by atoms with Crippen molar-refractivity contribution in [3.05, 3.63) is 0 Å².